The topological polar surface area (TPSA) is 53.9 Å². The van der Waals surface area contributed by atoms with Crippen molar-refractivity contribution in [1.29, 1.82) is 0 Å². The number of rotatable bonds is 5. The van der Waals surface area contributed by atoms with E-state index < -0.39 is 0 Å². The molecule has 86 valence electrons. The highest BCUT2D eigenvalue weighted by molar-refractivity contribution is 5.10. The molecule has 4 heteroatoms. The van der Waals surface area contributed by atoms with E-state index in [2.05, 4.69) is 29.3 Å². The first kappa shape index (κ1) is 11.0. The molecule has 0 unspecified atom stereocenters. The lowest BCUT2D eigenvalue weighted by Gasteiger charge is -1.98. The van der Waals surface area contributed by atoms with Crippen LogP contribution in [0.1, 0.15) is 36.8 Å². The molecule has 0 atom stereocenters. The molecule has 0 amide bonds. The van der Waals surface area contributed by atoms with E-state index in [1.165, 1.54) is 5.56 Å². The lowest BCUT2D eigenvalue weighted by atomic mass is 10.1. The fraction of sp³-hybridized carbons (Fsp3) is 0.417. The van der Waals surface area contributed by atoms with Crippen molar-refractivity contribution in [3.8, 4) is 0 Å². The Morgan fingerprint density at radius 2 is 2.31 bits per heavy atom. The highest BCUT2D eigenvalue weighted by Crippen LogP contribution is 2.13. The molecule has 0 saturated carbocycles. The first-order chi connectivity index (χ1) is 7.75. The first-order valence-corrected chi connectivity index (χ1v) is 5.53. The monoisotopic (exact) mass is 219 g/mol. The van der Waals surface area contributed by atoms with Crippen LogP contribution < -0.4 is 5.32 Å². The Labute approximate surface area is 95.0 Å². The Bertz CT molecular complexity index is 417. The third-order valence-electron chi connectivity index (χ3n) is 2.46. The zero-order chi connectivity index (χ0) is 11.4. The summed E-state index contributed by atoms with van der Waals surface area (Å²) >= 11 is 0. The van der Waals surface area contributed by atoms with Crippen LogP contribution in [0.5, 0.6) is 0 Å². The normalized spacial score (nSPS) is 11.2. The summed E-state index contributed by atoms with van der Waals surface area (Å²) in [7, 11) is 0. The lowest BCUT2D eigenvalue weighted by molar-refractivity contribution is 0.365. The fourth-order valence-corrected chi connectivity index (χ4v) is 1.48. The minimum atomic E-state index is 0.419. The molecule has 2 rings (SSSR count). The highest BCUT2D eigenvalue weighted by atomic mass is 16.5. The standard InChI is InChI=1S/C12H17N3O/c1-9(2)12-5-11(16-15-12)8-14-7-10-3-4-13-6-10/h3-6,9,13-14H,7-8H2,1-2H3. The van der Waals surface area contributed by atoms with Gasteiger partial charge in [0.2, 0.25) is 0 Å². The summed E-state index contributed by atoms with van der Waals surface area (Å²) in [4.78, 5) is 3.02. The van der Waals surface area contributed by atoms with E-state index in [1.54, 1.807) is 0 Å². The Balaban J connectivity index is 1.81. The van der Waals surface area contributed by atoms with Crippen molar-refractivity contribution in [2.45, 2.75) is 32.9 Å². The molecule has 2 aromatic heterocycles. The Morgan fingerprint density at radius 1 is 1.44 bits per heavy atom. The molecule has 0 radical (unpaired) electrons. The van der Waals surface area contributed by atoms with Crippen LogP contribution in [-0.2, 0) is 13.1 Å². The van der Waals surface area contributed by atoms with Gasteiger partial charge in [-0.25, -0.2) is 0 Å². The van der Waals surface area contributed by atoms with E-state index in [4.69, 9.17) is 4.52 Å². The largest absolute Gasteiger partial charge is 0.367 e. The van der Waals surface area contributed by atoms with Gasteiger partial charge in [-0.05, 0) is 17.5 Å². The van der Waals surface area contributed by atoms with Crippen LogP contribution in [0.15, 0.2) is 29.0 Å². The molecule has 0 aliphatic rings. The van der Waals surface area contributed by atoms with Gasteiger partial charge in [-0.1, -0.05) is 19.0 Å². The molecule has 16 heavy (non-hydrogen) atoms. The zero-order valence-electron chi connectivity index (χ0n) is 9.66. The number of aromatic nitrogens is 2. The summed E-state index contributed by atoms with van der Waals surface area (Å²) < 4.78 is 5.23. The van der Waals surface area contributed by atoms with Crippen LogP contribution >= 0.6 is 0 Å². The van der Waals surface area contributed by atoms with Gasteiger partial charge in [0.05, 0.1) is 12.2 Å². The van der Waals surface area contributed by atoms with Crippen LogP contribution in [0.25, 0.3) is 0 Å². The Hall–Kier alpha value is -1.55. The van der Waals surface area contributed by atoms with Crippen molar-refractivity contribution < 1.29 is 4.52 Å². The molecule has 0 saturated heterocycles. The summed E-state index contributed by atoms with van der Waals surface area (Å²) in [6, 6.07) is 4.06. The number of aromatic amines is 1. The number of hydrogen-bond donors (Lipinski definition) is 2. The second-order valence-corrected chi connectivity index (χ2v) is 4.20. The molecule has 2 aromatic rings. The second-order valence-electron chi connectivity index (χ2n) is 4.20. The maximum Gasteiger partial charge on any atom is 0.150 e. The molecule has 0 bridgehead atoms. The molecule has 4 nitrogen and oxygen atoms in total. The predicted octanol–water partition coefficient (Wildman–Crippen LogP) is 2.42. The van der Waals surface area contributed by atoms with Crippen LogP contribution in [0.4, 0.5) is 0 Å². The number of hydrogen-bond acceptors (Lipinski definition) is 3. The summed E-state index contributed by atoms with van der Waals surface area (Å²) in [5, 5.41) is 7.31. The maximum absolute atomic E-state index is 5.23. The van der Waals surface area contributed by atoms with Crippen molar-refractivity contribution in [3.63, 3.8) is 0 Å². The van der Waals surface area contributed by atoms with E-state index >= 15 is 0 Å². The molecule has 2 N–H and O–H groups in total. The van der Waals surface area contributed by atoms with Gasteiger partial charge in [0, 0.05) is 25.0 Å². The maximum atomic E-state index is 5.23. The average molecular weight is 219 g/mol. The SMILES string of the molecule is CC(C)c1cc(CNCc2cc[nH]c2)on1. The number of H-pyrrole nitrogens is 1. The lowest BCUT2D eigenvalue weighted by Crippen LogP contribution is -2.11. The highest BCUT2D eigenvalue weighted by Gasteiger charge is 2.06. The molecular weight excluding hydrogens is 202 g/mol. The minimum Gasteiger partial charge on any atom is -0.367 e. The second kappa shape index (κ2) is 4.99. The van der Waals surface area contributed by atoms with Gasteiger partial charge >= 0.3 is 0 Å². The van der Waals surface area contributed by atoms with Crippen molar-refractivity contribution in [3.05, 3.63) is 41.5 Å². The predicted molar refractivity (Wildman–Crippen MR) is 61.9 cm³/mol. The van der Waals surface area contributed by atoms with Crippen LogP contribution in [0.2, 0.25) is 0 Å². The van der Waals surface area contributed by atoms with Crippen LogP contribution in [0.3, 0.4) is 0 Å². The van der Waals surface area contributed by atoms with Crippen molar-refractivity contribution >= 4 is 0 Å². The third kappa shape index (κ3) is 2.73. The van der Waals surface area contributed by atoms with E-state index in [9.17, 15) is 0 Å². The smallest absolute Gasteiger partial charge is 0.150 e. The fourth-order valence-electron chi connectivity index (χ4n) is 1.48. The molecule has 0 aromatic carbocycles. The number of nitrogens with zero attached hydrogens (tertiary/aromatic N) is 1. The Kier molecular flexibility index (Phi) is 3.41. The van der Waals surface area contributed by atoms with Crippen molar-refractivity contribution in [1.82, 2.24) is 15.5 Å². The number of nitrogens with one attached hydrogen (secondary N) is 2. The molecular formula is C12H17N3O. The van der Waals surface area contributed by atoms with Crippen LogP contribution in [-0.4, -0.2) is 10.1 Å². The summed E-state index contributed by atoms with van der Waals surface area (Å²) in [5.74, 6) is 1.31. The molecule has 0 aliphatic carbocycles. The van der Waals surface area contributed by atoms with Gasteiger partial charge in [0.1, 0.15) is 0 Å². The molecule has 0 fully saturated rings. The van der Waals surface area contributed by atoms with E-state index in [0.717, 1.165) is 18.0 Å². The average Bonchev–Trinajstić information content (AvgIpc) is 2.87. The van der Waals surface area contributed by atoms with Gasteiger partial charge in [0.25, 0.3) is 0 Å². The first-order valence-electron chi connectivity index (χ1n) is 5.53. The minimum absolute atomic E-state index is 0.419. The Morgan fingerprint density at radius 3 is 2.94 bits per heavy atom. The molecule has 0 aliphatic heterocycles. The van der Waals surface area contributed by atoms with Gasteiger partial charge in [-0.15, -0.1) is 0 Å². The molecule has 0 spiro atoms. The van der Waals surface area contributed by atoms with E-state index in [0.29, 0.717) is 12.5 Å². The van der Waals surface area contributed by atoms with Gasteiger partial charge < -0.3 is 14.8 Å². The van der Waals surface area contributed by atoms with E-state index in [-0.39, 0.29) is 0 Å². The summed E-state index contributed by atoms with van der Waals surface area (Å²) in [6.07, 6.45) is 3.90. The van der Waals surface area contributed by atoms with E-state index in [1.807, 2.05) is 24.5 Å². The third-order valence-corrected chi connectivity index (χ3v) is 2.46. The summed E-state index contributed by atoms with van der Waals surface area (Å²) in [5.41, 5.74) is 2.25. The zero-order valence-corrected chi connectivity index (χ0v) is 9.66. The molecule has 2 heterocycles. The van der Waals surface area contributed by atoms with Gasteiger partial charge in [0.15, 0.2) is 5.76 Å². The van der Waals surface area contributed by atoms with Crippen LogP contribution in [0, 0.1) is 0 Å². The summed E-state index contributed by atoms with van der Waals surface area (Å²) in [6.45, 7) is 5.76. The van der Waals surface area contributed by atoms with Crippen molar-refractivity contribution in [2.75, 3.05) is 0 Å². The van der Waals surface area contributed by atoms with Gasteiger partial charge in [-0.2, -0.15) is 0 Å². The van der Waals surface area contributed by atoms with Gasteiger partial charge in [-0.3, -0.25) is 0 Å². The van der Waals surface area contributed by atoms with Crippen molar-refractivity contribution in [2.24, 2.45) is 0 Å². The quantitative estimate of drug-likeness (QED) is 0.812.